The Balaban J connectivity index is 2.42. The number of rotatable bonds is 0. The monoisotopic (exact) mass is 194 g/mol. The lowest BCUT2D eigenvalue weighted by Gasteiger charge is -2.15. The van der Waals surface area contributed by atoms with Crippen LogP contribution >= 0.6 is 24.8 Å². The highest BCUT2D eigenvalue weighted by Gasteiger charge is 2.19. The molecule has 0 aromatic heterocycles. The van der Waals surface area contributed by atoms with Gasteiger partial charge in [-0.1, -0.05) is 30.4 Å². The van der Waals surface area contributed by atoms with Crippen LogP contribution in [0.1, 0.15) is 5.56 Å². The first-order chi connectivity index (χ1) is 5.79. The maximum absolute atomic E-state index is 4.99. The molecule has 0 N–H and O–H groups in total. The Kier molecular flexibility index (Phi) is 2.07. The van der Waals surface area contributed by atoms with Gasteiger partial charge in [0.15, 0.2) is 0 Å². The van der Waals surface area contributed by atoms with Gasteiger partial charge in [0.2, 0.25) is 0 Å². The molecule has 1 aliphatic heterocycles. The average Bonchev–Trinajstić information content (AvgIpc) is 2.47. The van der Waals surface area contributed by atoms with Crippen molar-refractivity contribution in [3.63, 3.8) is 0 Å². The molecule has 1 aromatic carbocycles. The number of benzene rings is 1. The molecule has 1 heterocycles. The summed E-state index contributed by atoms with van der Waals surface area (Å²) >= 11 is 9.13. The van der Waals surface area contributed by atoms with E-state index in [0.717, 1.165) is 12.1 Å². The molecule has 12 heavy (non-hydrogen) atoms. The van der Waals surface area contributed by atoms with Gasteiger partial charge in [0.25, 0.3) is 0 Å². The number of hydrogen-bond donors (Lipinski definition) is 1. The van der Waals surface area contributed by atoms with Crippen LogP contribution in [0.15, 0.2) is 24.3 Å². The molecular formula is C9H8NS2. The van der Waals surface area contributed by atoms with E-state index < -0.39 is 0 Å². The van der Waals surface area contributed by atoms with Crippen molar-refractivity contribution in [3.05, 3.63) is 36.4 Å². The molecule has 0 bridgehead atoms. The molecule has 0 saturated carbocycles. The van der Waals surface area contributed by atoms with E-state index in [1.165, 1.54) is 5.56 Å². The maximum Gasteiger partial charge on any atom is 0.138 e. The quantitative estimate of drug-likeness (QED) is 0.499. The van der Waals surface area contributed by atoms with E-state index in [1.54, 1.807) is 0 Å². The number of para-hydroxylation sites is 1. The van der Waals surface area contributed by atoms with E-state index in [4.69, 9.17) is 12.2 Å². The van der Waals surface area contributed by atoms with Gasteiger partial charge >= 0.3 is 0 Å². The van der Waals surface area contributed by atoms with E-state index in [-0.39, 0.29) is 0 Å². The van der Waals surface area contributed by atoms with E-state index >= 15 is 0 Å². The van der Waals surface area contributed by atoms with Crippen molar-refractivity contribution in [2.75, 3.05) is 4.90 Å². The first kappa shape index (κ1) is 8.08. The van der Waals surface area contributed by atoms with Crippen molar-refractivity contribution >= 4 is 34.9 Å². The fourth-order valence-electron chi connectivity index (χ4n) is 1.39. The molecule has 0 saturated heterocycles. The zero-order valence-corrected chi connectivity index (χ0v) is 8.11. The number of thiol groups is 1. The zero-order chi connectivity index (χ0) is 8.55. The molecule has 1 aromatic rings. The first-order valence-electron chi connectivity index (χ1n) is 3.72. The largest absolute Gasteiger partial charge is 0.322 e. The average molecular weight is 194 g/mol. The highest BCUT2D eigenvalue weighted by atomic mass is 32.1. The summed E-state index contributed by atoms with van der Waals surface area (Å²) in [6, 6.07) is 8.22. The fourth-order valence-corrected chi connectivity index (χ4v) is 1.75. The Hall–Kier alpha value is -0.540. The smallest absolute Gasteiger partial charge is 0.138 e. The second-order valence-corrected chi connectivity index (χ2v) is 3.78. The summed E-state index contributed by atoms with van der Waals surface area (Å²) in [5.74, 6) is 0. The van der Waals surface area contributed by atoms with Gasteiger partial charge in [0.1, 0.15) is 4.32 Å². The van der Waals surface area contributed by atoms with Gasteiger partial charge in [-0.25, -0.2) is 0 Å². The standard InChI is InChI=1S/C9H8NS2/c11-9(12)10-6-5-7-3-1-2-4-8(7)10/h1-4,6H,5H2,(H,11,12). The lowest BCUT2D eigenvalue weighted by atomic mass is 10.2. The van der Waals surface area contributed by atoms with Crippen LogP contribution in [-0.4, -0.2) is 4.32 Å². The fraction of sp³-hybridized carbons (Fsp3) is 0.111. The molecule has 3 heteroatoms. The predicted octanol–water partition coefficient (Wildman–Crippen LogP) is 2.43. The Morgan fingerprint density at radius 3 is 2.92 bits per heavy atom. The topological polar surface area (TPSA) is 3.24 Å². The predicted molar refractivity (Wildman–Crippen MR) is 58.5 cm³/mol. The van der Waals surface area contributed by atoms with E-state index in [0.29, 0.717) is 4.32 Å². The lowest BCUT2D eigenvalue weighted by Crippen LogP contribution is -2.18. The van der Waals surface area contributed by atoms with E-state index in [1.807, 2.05) is 17.0 Å². The highest BCUT2D eigenvalue weighted by molar-refractivity contribution is 8.11. The van der Waals surface area contributed by atoms with Crippen LogP contribution in [0.4, 0.5) is 5.69 Å². The first-order valence-corrected chi connectivity index (χ1v) is 4.58. The van der Waals surface area contributed by atoms with Gasteiger partial charge in [-0.05, 0) is 18.1 Å². The number of nitrogens with zero attached hydrogens (tertiary/aromatic N) is 1. The van der Waals surface area contributed by atoms with Crippen molar-refractivity contribution in [1.82, 2.24) is 0 Å². The second kappa shape index (κ2) is 3.07. The molecule has 0 aliphatic carbocycles. The van der Waals surface area contributed by atoms with Crippen molar-refractivity contribution < 1.29 is 0 Å². The van der Waals surface area contributed by atoms with Crippen molar-refractivity contribution in [3.8, 4) is 0 Å². The molecule has 1 radical (unpaired) electrons. The van der Waals surface area contributed by atoms with Crippen LogP contribution in [-0.2, 0) is 6.42 Å². The third-order valence-corrected chi connectivity index (χ3v) is 2.36. The van der Waals surface area contributed by atoms with Gasteiger partial charge in [-0.3, -0.25) is 0 Å². The van der Waals surface area contributed by atoms with Crippen LogP contribution in [0, 0.1) is 6.54 Å². The minimum absolute atomic E-state index is 0.611. The summed E-state index contributed by atoms with van der Waals surface area (Å²) in [6.45, 7) is 2.06. The molecule has 0 amide bonds. The summed E-state index contributed by atoms with van der Waals surface area (Å²) in [4.78, 5) is 1.94. The van der Waals surface area contributed by atoms with E-state index in [9.17, 15) is 0 Å². The summed E-state index contributed by atoms with van der Waals surface area (Å²) in [7, 11) is 0. The zero-order valence-electron chi connectivity index (χ0n) is 6.40. The van der Waals surface area contributed by atoms with Gasteiger partial charge in [0.05, 0.1) is 6.54 Å². The molecule has 0 atom stereocenters. The van der Waals surface area contributed by atoms with Gasteiger partial charge in [-0.15, -0.1) is 12.6 Å². The van der Waals surface area contributed by atoms with Gasteiger partial charge < -0.3 is 4.90 Å². The summed E-state index contributed by atoms with van der Waals surface area (Å²) in [5, 5.41) is 0. The normalized spacial score (nSPS) is 14.6. The van der Waals surface area contributed by atoms with Crippen molar-refractivity contribution in [2.24, 2.45) is 0 Å². The van der Waals surface area contributed by atoms with Gasteiger partial charge in [0, 0.05) is 5.69 Å². The van der Waals surface area contributed by atoms with Crippen LogP contribution in [0.25, 0.3) is 0 Å². The molecular weight excluding hydrogens is 186 g/mol. The maximum atomic E-state index is 4.99. The van der Waals surface area contributed by atoms with Crippen LogP contribution in [0.2, 0.25) is 0 Å². The Morgan fingerprint density at radius 2 is 2.17 bits per heavy atom. The Labute approximate surface area is 82.8 Å². The Morgan fingerprint density at radius 1 is 1.42 bits per heavy atom. The number of fused-ring (bicyclic) bond motifs is 1. The summed E-state index contributed by atoms with van der Waals surface area (Å²) in [6.07, 6.45) is 0.955. The minimum Gasteiger partial charge on any atom is -0.322 e. The lowest BCUT2D eigenvalue weighted by molar-refractivity contribution is 1.19. The third kappa shape index (κ3) is 1.23. The van der Waals surface area contributed by atoms with E-state index in [2.05, 4.69) is 31.3 Å². The van der Waals surface area contributed by atoms with Crippen LogP contribution < -0.4 is 4.90 Å². The molecule has 61 valence electrons. The summed E-state index contributed by atoms with van der Waals surface area (Å²) < 4.78 is 0.611. The SMILES string of the molecule is S=C(S)N1[CH]Cc2ccccc21. The van der Waals surface area contributed by atoms with Crippen LogP contribution in [0.3, 0.4) is 0 Å². The number of hydrogen-bond acceptors (Lipinski definition) is 1. The van der Waals surface area contributed by atoms with Crippen molar-refractivity contribution in [1.29, 1.82) is 0 Å². The summed E-state index contributed by atoms with van der Waals surface area (Å²) in [5.41, 5.74) is 2.48. The van der Waals surface area contributed by atoms with Crippen molar-refractivity contribution in [2.45, 2.75) is 6.42 Å². The Bertz CT molecular complexity index is 322. The number of thiocarbonyl (C=S) groups is 1. The van der Waals surface area contributed by atoms with Gasteiger partial charge in [-0.2, -0.15) is 0 Å². The molecule has 0 spiro atoms. The number of anilines is 1. The third-order valence-electron chi connectivity index (χ3n) is 1.95. The molecule has 0 unspecified atom stereocenters. The molecule has 2 rings (SSSR count). The molecule has 0 fully saturated rings. The minimum atomic E-state index is 0.611. The molecule has 1 nitrogen and oxygen atoms in total. The van der Waals surface area contributed by atoms with Crippen LogP contribution in [0.5, 0.6) is 0 Å². The second-order valence-electron chi connectivity index (χ2n) is 2.67. The molecule has 1 aliphatic rings. The highest BCUT2D eigenvalue weighted by Crippen LogP contribution is 2.30.